The van der Waals surface area contributed by atoms with Crippen LogP contribution in [0.2, 0.25) is 0 Å². The van der Waals surface area contributed by atoms with E-state index in [1.807, 2.05) is 84.9 Å². The molecular weight excluding hydrogens is 464 g/mol. The van der Waals surface area contributed by atoms with Crippen molar-refractivity contribution in [3.05, 3.63) is 96.1 Å². The van der Waals surface area contributed by atoms with Crippen molar-refractivity contribution < 1.29 is 19.1 Å². The van der Waals surface area contributed by atoms with Crippen LogP contribution in [-0.4, -0.2) is 42.5 Å². The van der Waals surface area contributed by atoms with Gasteiger partial charge in [0.25, 0.3) is 5.91 Å². The number of hydrogen-bond acceptors (Lipinski definition) is 4. The fraction of sp³-hybridized carbons (Fsp3) is 0.355. The highest BCUT2D eigenvalue weighted by atomic mass is 16.5. The number of hydrogen-bond donors (Lipinski definition) is 1. The highest BCUT2D eigenvalue weighted by Gasteiger charge is 2.32. The summed E-state index contributed by atoms with van der Waals surface area (Å²) in [6.07, 6.45) is 5.81. The number of benzene rings is 3. The van der Waals surface area contributed by atoms with Gasteiger partial charge in [-0.25, -0.2) is 0 Å². The molecule has 0 aromatic heterocycles. The number of rotatable bonds is 11. The molecule has 2 amide bonds. The lowest BCUT2D eigenvalue weighted by molar-refractivity contribution is -0.143. The summed E-state index contributed by atoms with van der Waals surface area (Å²) in [4.78, 5) is 29.1. The highest BCUT2D eigenvalue weighted by Crippen LogP contribution is 2.21. The Balaban J connectivity index is 1.61. The van der Waals surface area contributed by atoms with E-state index in [0.29, 0.717) is 17.9 Å². The maximum atomic E-state index is 13.8. The van der Waals surface area contributed by atoms with Crippen LogP contribution in [0.25, 0.3) is 0 Å². The summed E-state index contributed by atoms with van der Waals surface area (Å²) in [7, 11) is 1.62. The van der Waals surface area contributed by atoms with E-state index < -0.39 is 6.04 Å². The number of methoxy groups -OCH3 is 1. The Bertz CT molecular complexity index is 1130. The maximum absolute atomic E-state index is 13.8. The summed E-state index contributed by atoms with van der Waals surface area (Å²) < 4.78 is 11.2. The third-order valence-corrected chi connectivity index (χ3v) is 6.82. The van der Waals surface area contributed by atoms with Crippen LogP contribution in [0.3, 0.4) is 0 Å². The van der Waals surface area contributed by atoms with Gasteiger partial charge in [0.05, 0.1) is 7.11 Å². The van der Waals surface area contributed by atoms with Crippen LogP contribution in [0.4, 0.5) is 0 Å². The molecule has 37 heavy (non-hydrogen) atoms. The van der Waals surface area contributed by atoms with Gasteiger partial charge in [-0.15, -0.1) is 0 Å². The minimum atomic E-state index is -0.678. The smallest absolute Gasteiger partial charge is 0.261 e. The molecule has 0 aliphatic heterocycles. The molecule has 1 aliphatic carbocycles. The Morgan fingerprint density at radius 3 is 2.22 bits per heavy atom. The summed E-state index contributed by atoms with van der Waals surface area (Å²) in [6, 6.07) is 26.2. The number of ether oxygens (including phenoxy) is 2. The molecule has 3 aromatic rings. The minimum Gasteiger partial charge on any atom is -0.497 e. The Kier molecular flexibility index (Phi) is 9.58. The molecule has 0 unspecified atom stereocenters. The lowest BCUT2D eigenvalue weighted by Crippen LogP contribution is -2.53. The Hall–Kier alpha value is -3.80. The van der Waals surface area contributed by atoms with Gasteiger partial charge >= 0.3 is 0 Å². The molecule has 0 saturated heterocycles. The van der Waals surface area contributed by atoms with Gasteiger partial charge in [0.1, 0.15) is 17.5 Å². The Morgan fingerprint density at radius 1 is 0.865 bits per heavy atom. The van der Waals surface area contributed by atoms with Crippen LogP contribution in [0.15, 0.2) is 84.9 Å². The molecule has 4 rings (SSSR count). The second-order valence-electron chi connectivity index (χ2n) is 9.52. The molecule has 1 aliphatic rings. The molecule has 6 heteroatoms. The molecule has 3 aromatic carbocycles. The first-order chi connectivity index (χ1) is 18.1. The third kappa shape index (κ3) is 7.84. The zero-order valence-electron chi connectivity index (χ0n) is 21.5. The fourth-order valence-corrected chi connectivity index (χ4v) is 4.81. The van der Waals surface area contributed by atoms with E-state index in [2.05, 4.69) is 5.32 Å². The van der Waals surface area contributed by atoms with Crippen molar-refractivity contribution in [1.82, 2.24) is 10.2 Å². The second kappa shape index (κ2) is 13.5. The van der Waals surface area contributed by atoms with Crippen molar-refractivity contribution >= 4 is 11.8 Å². The van der Waals surface area contributed by atoms with Gasteiger partial charge in [-0.3, -0.25) is 9.59 Å². The van der Waals surface area contributed by atoms with Crippen molar-refractivity contribution in [2.24, 2.45) is 0 Å². The zero-order chi connectivity index (χ0) is 25.9. The number of carbonyl (C=O) groups excluding carboxylic acids is 2. The molecule has 1 fully saturated rings. The topological polar surface area (TPSA) is 67.9 Å². The summed E-state index contributed by atoms with van der Waals surface area (Å²) in [5.41, 5.74) is 1.88. The first-order valence-electron chi connectivity index (χ1n) is 13.1. The van der Waals surface area contributed by atoms with Crippen LogP contribution in [0.5, 0.6) is 11.5 Å². The normalized spacial score (nSPS) is 14.4. The first-order valence-corrected chi connectivity index (χ1v) is 13.1. The van der Waals surface area contributed by atoms with Gasteiger partial charge < -0.3 is 19.7 Å². The van der Waals surface area contributed by atoms with Crippen molar-refractivity contribution in [3.63, 3.8) is 0 Å². The maximum Gasteiger partial charge on any atom is 0.261 e. The minimum absolute atomic E-state index is 0.119. The summed E-state index contributed by atoms with van der Waals surface area (Å²) in [5, 5.41) is 3.26. The lowest BCUT2D eigenvalue weighted by Gasteiger charge is -2.33. The van der Waals surface area contributed by atoms with Gasteiger partial charge in [-0.2, -0.15) is 0 Å². The van der Waals surface area contributed by atoms with E-state index >= 15 is 0 Å². The van der Waals surface area contributed by atoms with E-state index in [-0.39, 0.29) is 31.0 Å². The number of nitrogens with one attached hydrogen (secondary N) is 1. The predicted octanol–water partition coefficient (Wildman–Crippen LogP) is 5.16. The molecule has 0 radical (unpaired) electrons. The molecule has 0 heterocycles. The van der Waals surface area contributed by atoms with E-state index in [1.165, 1.54) is 6.42 Å². The highest BCUT2D eigenvalue weighted by molar-refractivity contribution is 5.88. The Labute approximate surface area is 219 Å². The van der Waals surface area contributed by atoms with E-state index in [9.17, 15) is 9.59 Å². The van der Waals surface area contributed by atoms with Crippen LogP contribution in [0.1, 0.15) is 43.2 Å². The molecule has 0 bridgehead atoms. The van der Waals surface area contributed by atoms with E-state index in [4.69, 9.17) is 9.47 Å². The Morgan fingerprint density at radius 2 is 1.51 bits per heavy atom. The summed E-state index contributed by atoms with van der Waals surface area (Å²) in [6.45, 7) is 0.111. The van der Waals surface area contributed by atoms with Crippen LogP contribution in [-0.2, 0) is 22.6 Å². The second-order valence-corrected chi connectivity index (χ2v) is 9.52. The van der Waals surface area contributed by atoms with Gasteiger partial charge in [-0.05, 0) is 48.2 Å². The number of carbonyl (C=O) groups is 2. The average Bonchev–Trinajstić information content (AvgIpc) is 2.95. The van der Waals surface area contributed by atoms with E-state index in [1.54, 1.807) is 12.0 Å². The SMILES string of the molecule is COc1cccc(CN(C(=O)COc2ccccc2)[C@H](Cc2ccccc2)C(=O)NC2CCCCC2)c1. The molecule has 1 saturated carbocycles. The molecule has 6 nitrogen and oxygen atoms in total. The van der Waals surface area contributed by atoms with Gasteiger partial charge in [0, 0.05) is 19.0 Å². The molecular formula is C31H36N2O4. The molecule has 1 atom stereocenters. The lowest BCUT2D eigenvalue weighted by atomic mass is 9.94. The number of para-hydroxylation sites is 1. The van der Waals surface area contributed by atoms with E-state index in [0.717, 1.165) is 36.8 Å². The third-order valence-electron chi connectivity index (χ3n) is 6.82. The molecule has 1 N–H and O–H groups in total. The van der Waals surface area contributed by atoms with Gasteiger partial charge in [-0.1, -0.05) is 79.9 Å². The quantitative estimate of drug-likeness (QED) is 0.395. The number of nitrogens with zero attached hydrogens (tertiary/aromatic N) is 1. The fourth-order valence-electron chi connectivity index (χ4n) is 4.81. The zero-order valence-corrected chi connectivity index (χ0v) is 21.5. The molecule has 194 valence electrons. The summed E-state index contributed by atoms with van der Waals surface area (Å²) >= 11 is 0. The predicted molar refractivity (Wildman–Crippen MR) is 144 cm³/mol. The van der Waals surface area contributed by atoms with Crippen LogP contribution >= 0.6 is 0 Å². The first kappa shape index (κ1) is 26.3. The average molecular weight is 501 g/mol. The summed E-state index contributed by atoms with van der Waals surface area (Å²) in [5.74, 6) is 0.957. The number of amides is 2. The standard InChI is InChI=1S/C31H36N2O4/c1-36-28-19-11-14-25(20-28)22-33(30(34)23-37-27-17-9-4-10-18-27)29(21-24-12-5-2-6-13-24)31(35)32-26-15-7-3-8-16-26/h2,4-6,9-14,17-20,26,29H,3,7-8,15-16,21-23H2,1H3,(H,32,35)/t29-/m1/s1. The largest absolute Gasteiger partial charge is 0.497 e. The van der Waals surface area contributed by atoms with Crippen molar-refractivity contribution in [2.75, 3.05) is 13.7 Å². The van der Waals surface area contributed by atoms with Crippen molar-refractivity contribution in [3.8, 4) is 11.5 Å². The van der Waals surface area contributed by atoms with Crippen molar-refractivity contribution in [1.29, 1.82) is 0 Å². The monoisotopic (exact) mass is 500 g/mol. The van der Waals surface area contributed by atoms with Gasteiger partial charge in [0.15, 0.2) is 6.61 Å². The van der Waals surface area contributed by atoms with Gasteiger partial charge in [0.2, 0.25) is 5.91 Å². The molecule has 0 spiro atoms. The van der Waals surface area contributed by atoms with Crippen LogP contribution in [0, 0.1) is 0 Å². The van der Waals surface area contributed by atoms with Crippen LogP contribution < -0.4 is 14.8 Å². The van der Waals surface area contributed by atoms with Crippen molar-refractivity contribution in [2.45, 2.75) is 57.2 Å².